The van der Waals surface area contributed by atoms with Crippen molar-refractivity contribution < 1.29 is 0 Å². The number of hydrogen-bond donors (Lipinski definition) is 1. The third kappa shape index (κ3) is 4.57. The second kappa shape index (κ2) is 6.99. The second-order valence-corrected chi connectivity index (χ2v) is 6.25. The van der Waals surface area contributed by atoms with Crippen molar-refractivity contribution >= 4 is 23.4 Å². The van der Waals surface area contributed by atoms with Crippen LogP contribution in [0.4, 0.5) is 0 Å². The van der Waals surface area contributed by atoms with Gasteiger partial charge in [-0.1, -0.05) is 55.4 Å². The zero-order chi connectivity index (χ0) is 13.7. The zero-order valence-corrected chi connectivity index (χ0v) is 12.8. The first kappa shape index (κ1) is 14.4. The van der Waals surface area contributed by atoms with E-state index in [2.05, 4.69) is 49.5 Å². The summed E-state index contributed by atoms with van der Waals surface area (Å²) >= 11 is 7.87. The largest absolute Gasteiger partial charge is 0.310 e. The van der Waals surface area contributed by atoms with Crippen LogP contribution in [0, 0.1) is 0 Å². The number of benzene rings is 2. The fraction of sp³-hybridized carbons (Fsp3) is 0.250. The quantitative estimate of drug-likeness (QED) is 0.833. The molecule has 0 aromatic heterocycles. The summed E-state index contributed by atoms with van der Waals surface area (Å²) in [4.78, 5) is 2.50. The maximum atomic E-state index is 6.10. The molecule has 1 N–H and O–H groups in total. The Kier molecular flexibility index (Phi) is 5.32. The Morgan fingerprint density at radius 1 is 1.11 bits per heavy atom. The molecule has 0 radical (unpaired) electrons. The van der Waals surface area contributed by atoms with E-state index in [1.54, 1.807) is 11.8 Å². The maximum Gasteiger partial charge on any atom is 0.0410 e. The van der Waals surface area contributed by atoms with E-state index in [1.807, 2.05) is 18.2 Å². The van der Waals surface area contributed by atoms with Gasteiger partial charge in [0.1, 0.15) is 0 Å². The highest BCUT2D eigenvalue weighted by Gasteiger charge is 2.06. The molecule has 0 heterocycles. The predicted octanol–water partition coefficient (Wildman–Crippen LogP) is 4.99. The van der Waals surface area contributed by atoms with Crippen molar-refractivity contribution in [2.45, 2.75) is 36.2 Å². The molecule has 19 heavy (non-hydrogen) atoms. The van der Waals surface area contributed by atoms with Gasteiger partial charge >= 0.3 is 0 Å². The van der Waals surface area contributed by atoms with E-state index in [4.69, 9.17) is 11.6 Å². The van der Waals surface area contributed by atoms with Gasteiger partial charge in [0.05, 0.1) is 0 Å². The standard InChI is InChI=1S/C16H18ClNS/c1-12(2)18-11-13-10-14(17)8-9-16(13)19-15-6-4-3-5-7-15/h3-10,12,18H,11H2,1-2H3. The number of rotatable bonds is 5. The normalized spacial score (nSPS) is 10.9. The van der Waals surface area contributed by atoms with Crippen molar-refractivity contribution in [2.75, 3.05) is 0 Å². The summed E-state index contributed by atoms with van der Waals surface area (Å²) in [6.07, 6.45) is 0. The average molecular weight is 292 g/mol. The van der Waals surface area contributed by atoms with Gasteiger partial charge in [0.25, 0.3) is 0 Å². The summed E-state index contributed by atoms with van der Waals surface area (Å²) < 4.78 is 0. The SMILES string of the molecule is CC(C)NCc1cc(Cl)ccc1Sc1ccccc1. The van der Waals surface area contributed by atoms with Gasteiger partial charge in [0, 0.05) is 27.4 Å². The van der Waals surface area contributed by atoms with Crippen molar-refractivity contribution in [1.82, 2.24) is 5.32 Å². The van der Waals surface area contributed by atoms with Crippen LogP contribution in [0.1, 0.15) is 19.4 Å². The average Bonchev–Trinajstić information content (AvgIpc) is 2.40. The molecule has 0 aliphatic carbocycles. The van der Waals surface area contributed by atoms with Crippen molar-refractivity contribution in [3.05, 3.63) is 59.1 Å². The Morgan fingerprint density at radius 2 is 1.84 bits per heavy atom. The van der Waals surface area contributed by atoms with E-state index >= 15 is 0 Å². The molecule has 0 aliphatic rings. The first-order chi connectivity index (χ1) is 9.15. The first-order valence-corrected chi connectivity index (χ1v) is 7.59. The molecule has 0 aliphatic heterocycles. The van der Waals surface area contributed by atoms with Crippen LogP contribution in [0.2, 0.25) is 5.02 Å². The summed E-state index contributed by atoms with van der Waals surface area (Å²) in [7, 11) is 0. The number of halogens is 1. The molecule has 3 heteroatoms. The highest BCUT2D eigenvalue weighted by molar-refractivity contribution is 7.99. The number of hydrogen-bond acceptors (Lipinski definition) is 2. The molecule has 1 nitrogen and oxygen atoms in total. The second-order valence-electron chi connectivity index (χ2n) is 4.70. The molecule has 100 valence electrons. The van der Waals surface area contributed by atoms with E-state index in [1.165, 1.54) is 15.4 Å². The van der Waals surface area contributed by atoms with E-state index in [9.17, 15) is 0 Å². The smallest absolute Gasteiger partial charge is 0.0410 e. The van der Waals surface area contributed by atoms with Crippen LogP contribution in [-0.2, 0) is 6.54 Å². The lowest BCUT2D eigenvalue weighted by Gasteiger charge is -2.13. The molecular weight excluding hydrogens is 274 g/mol. The van der Waals surface area contributed by atoms with Crippen LogP contribution in [0.5, 0.6) is 0 Å². The van der Waals surface area contributed by atoms with Crippen LogP contribution >= 0.6 is 23.4 Å². The van der Waals surface area contributed by atoms with Crippen molar-refractivity contribution in [3.8, 4) is 0 Å². The Morgan fingerprint density at radius 3 is 2.53 bits per heavy atom. The first-order valence-electron chi connectivity index (χ1n) is 6.40. The Bertz CT molecular complexity index is 526. The van der Waals surface area contributed by atoms with Gasteiger partial charge in [-0.05, 0) is 35.9 Å². The van der Waals surface area contributed by atoms with Gasteiger partial charge in [-0.25, -0.2) is 0 Å². The lowest BCUT2D eigenvalue weighted by Crippen LogP contribution is -2.22. The van der Waals surface area contributed by atoms with Crippen molar-refractivity contribution in [3.63, 3.8) is 0 Å². The van der Waals surface area contributed by atoms with Crippen molar-refractivity contribution in [2.24, 2.45) is 0 Å². The molecular formula is C16H18ClNS. The van der Waals surface area contributed by atoms with Gasteiger partial charge < -0.3 is 5.32 Å². The summed E-state index contributed by atoms with van der Waals surface area (Å²) in [6, 6.07) is 17.0. The lowest BCUT2D eigenvalue weighted by molar-refractivity contribution is 0.585. The third-order valence-electron chi connectivity index (χ3n) is 2.69. The van der Waals surface area contributed by atoms with Gasteiger partial charge in [0.15, 0.2) is 0 Å². The minimum atomic E-state index is 0.466. The molecule has 0 spiro atoms. The lowest BCUT2D eigenvalue weighted by atomic mass is 10.2. The van der Waals surface area contributed by atoms with Gasteiger partial charge in [-0.15, -0.1) is 0 Å². The summed E-state index contributed by atoms with van der Waals surface area (Å²) in [5, 5.41) is 4.23. The summed E-state index contributed by atoms with van der Waals surface area (Å²) in [5.74, 6) is 0. The maximum absolute atomic E-state index is 6.10. The monoisotopic (exact) mass is 291 g/mol. The fourth-order valence-electron chi connectivity index (χ4n) is 1.72. The highest BCUT2D eigenvalue weighted by atomic mass is 35.5. The molecule has 0 saturated heterocycles. The van der Waals surface area contributed by atoms with E-state index in [-0.39, 0.29) is 0 Å². The van der Waals surface area contributed by atoms with Crippen LogP contribution < -0.4 is 5.32 Å². The van der Waals surface area contributed by atoms with E-state index < -0.39 is 0 Å². The van der Waals surface area contributed by atoms with Crippen LogP contribution in [-0.4, -0.2) is 6.04 Å². The van der Waals surface area contributed by atoms with Crippen LogP contribution in [0.3, 0.4) is 0 Å². The zero-order valence-electron chi connectivity index (χ0n) is 11.2. The Balaban J connectivity index is 2.19. The topological polar surface area (TPSA) is 12.0 Å². The molecule has 0 saturated carbocycles. The molecule has 2 aromatic rings. The van der Waals surface area contributed by atoms with Gasteiger partial charge in [0.2, 0.25) is 0 Å². The Hall–Kier alpha value is -0.960. The third-order valence-corrected chi connectivity index (χ3v) is 4.06. The van der Waals surface area contributed by atoms with Crippen LogP contribution in [0.25, 0.3) is 0 Å². The predicted molar refractivity (Wildman–Crippen MR) is 84.0 cm³/mol. The van der Waals surface area contributed by atoms with E-state index in [0.717, 1.165) is 11.6 Å². The van der Waals surface area contributed by atoms with Crippen molar-refractivity contribution in [1.29, 1.82) is 0 Å². The molecule has 0 unspecified atom stereocenters. The summed E-state index contributed by atoms with van der Waals surface area (Å²) in [6.45, 7) is 5.14. The Labute approximate surface area is 124 Å². The molecule has 2 aromatic carbocycles. The molecule has 0 bridgehead atoms. The van der Waals surface area contributed by atoms with E-state index in [0.29, 0.717) is 6.04 Å². The van der Waals surface area contributed by atoms with Gasteiger partial charge in [-0.2, -0.15) is 0 Å². The molecule has 0 atom stereocenters. The fourth-order valence-corrected chi connectivity index (χ4v) is 2.86. The van der Waals surface area contributed by atoms with Gasteiger partial charge in [-0.3, -0.25) is 0 Å². The number of nitrogens with one attached hydrogen (secondary N) is 1. The molecule has 0 amide bonds. The molecule has 2 rings (SSSR count). The van der Waals surface area contributed by atoms with Crippen LogP contribution in [0.15, 0.2) is 58.3 Å². The summed E-state index contributed by atoms with van der Waals surface area (Å²) in [5.41, 5.74) is 1.25. The molecule has 0 fully saturated rings. The minimum absolute atomic E-state index is 0.466. The highest BCUT2D eigenvalue weighted by Crippen LogP contribution is 2.31. The minimum Gasteiger partial charge on any atom is -0.310 e.